The summed E-state index contributed by atoms with van der Waals surface area (Å²) in [6, 6.07) is 11.3. The molecule has 1 aliphatic rings. The quantitative estimate of drug-likeness (QED) is 0.348. The first kappa shape index (κ1) is 19.2. The number of esters is 1. The smallest absolute Gasteiger partial charge is 0.313 e. The first-order valence-corrected chi connectivity index (χ1v) is 8.30. The number of aliphatic hydroxyl groups excluding tert-OH is 1. The molecule has 0 unspecified atom stereocenters. The molecule has 3 rings (SSSR count). The van der Waals surface area contributed by atoms with Gasteiger partial charge in [0.25, 0.3) is 17.5 Å². The molecule has 2 atom stereocenters. The molecule has 9 nitrogen and oxygen atoms in total. The number of nitrogens with zero attached hydrogens (tertiary/aromatic N) is 2. The maximum absolute atomic E-state index is 12.5. The molecule has 0 aliphatic carbocycles. The number of aliphatic hydroxyl groups is 1. The fourth-order valence-corrected chi connectivity index (χ4v) is 3.08. The number of nitro groups is 1. The largest absolute Gasteiger partial charge is 0.469 e. The summed E-state index contributed by atoms with van der Waals surface area (Å²) in [4.78, 5) is 48.4. The minimum atomic E-state index is -1.43. The molecule has 0 fully saturated rings. The SMILES string of the molecule is COC(=O)[C@@H](CN1C(=O)c2ccccc2C1=O)[C@@H](O)c1ccc([N+](=O)[O-])cc1. The summed E-state index contributed by atoms with van der Waals surface area (Å²) in [5.41, 5.74) is 0.491. The van der Waals surface area contributed by atoms with Crippen molar-refractivity contribution in [2.75, 3.05) is 13.7 Å². The number of hydrogen-bond donors (Lipinski definition) is 1. The van der Waals surface area contributed by atoms with E-state index in [1.54, 1.807) is 12.1 Å². The second-order valence-corrected chi connectivity index (χ2v) is 6.19. The van der Waals surface area contributed by atoms with Crippen LogP contribution in [0.4, 0.5) is 5.69 Å². The van der Waals surface area contributed by atoms with Crippen molar-refractivity contribution in [2.24, 2.45) is 5.92 Å². The molecule has 144 valence electrons. The molecule has 0 radical (unpaired) electrons. The summed E-state index contributed by atoms with van der Waals surface area (Å²) >= 11 is 0. The van der Waals surface area contributed by atoms with Crippen molar-refractivity contribution in [3.63, 3.8) is 0 Å². The van der Waals surface area contributed by atoms with Gasteiger partial charge in [0.1, 0.15) is 5.92 Å². The van der Waals surface area contributed by atoms with Crippen molar-refractivity contribution in [1.82, 2.24) is 4.90 Å². The van der Waals surface area contributed by atoms with E-state index >= 15 is 0 Å². The van der Waals surface area contributed by atoms with Gasteiger partial charge >= 0.3 is 5.97 Å². The molecule has 2 amide bonds. The number of amides is 2. The van der Waals surface area contributed by atoms with Crippen LogP contribution in [0.15, 0.2) is 48.5 Å². The van der Waals surface area contributed by atoms with Crippen LogP contribution in [-0.2, 0) is 9.53 Å². The molecule has 0 saturated carbocycles. The molecule has 2 aromatic rings. The Morgan fingerprint density at radius 1 is 1.11 bits per heavy atom. The highest BCUT2D eigenvalue weighted by Crippen LogP contribution is 2.29. The highest BCUT2D eigenvalue weighted by atomic mass is 16.6. The Morgan fingerprint density at radius 3 is 2.11 bits per heavy atom. The van der Waals surface area contributed by atoms with Gasteiger partial charge in [0.2, 0.25) is 0 Å². The molecule has 9 heteroatoms. The van der Waals surface area contributed by atoms with E-state index in [0.717, 1.165) is 12.0 Å². The Bertz CT molecular complexity index is 920. The summed E-state index contributed by atoms with van der Waals surface area (Å²) in [6.07, 6.45) is -1.43. The topological polar surface area (TPSA) is 127 Å². The molecule has 2 aromatic carbocycles. The van der Waals surface area contributed by atoms with Gasteiger partial charge in [-0.3, -0.25) is 29.4 Å². The van der Waals surface area contributed by atoms with E-state index < -0.39 is 41.3 Å². The molecule has 0 saturated heterocycles. The van der Waals surface area contributed by atoms with Crippen LogP contribution in [0.3, 0.4) is 0 Å². The van der Waals surface area contributed by atoms with Crippen molar-refractivity contribution in [3.05, 3.63) is 75.3 Å². The summed E-state index contributed by atoms with van der Waals surface area (Å²) in [6.45, 7) is -0.392. The van der Waals surface area contributed by atoms with Crippen LogP contribution in [0.1, 0.15) is 32.4 Å². The molecule has 1 N–H and O–H groups in total. The van der Waals surface area contributed by atoms with Gasteiger partial charge in [0, 0.05) is 18.7 Å². The third-order valence-electron chi connectivity index (χ3n) is 4.59. The molecule has 1 heterocycles. The Balaban J connectivity index is 1.87. The Morgan fingerprint density at radius 2 is 1.64 bits per heavy atom. The molecular weight excluding hydrogens is 368 g/mol. The second-order valence-electron chi connectivity index (χ2n) is 6.19. The highest BCUT2D eigenvalue weighted by Gasteiger charge is 2.40. The number of benzene rings is 2. The number of carbonyl (C=O) groups excluding carboxylic acids is 3. The van der Waals surface area contributed by atoms with E-state index in [4.69, 9.17) is 4.74 Å². The average molecular weight is 384 g/mol. The summed E-state index contributed by atoms with van der Waals surface area (Å²) in [5.74, 6) is -3.20. The van der Waals surface area contributed by atoms with Crippen LogP contribution in [-0.4, -0.2) is 46.4 Å². The minimum absolute atomic E-state index is 0.175. The van der Waals surface area contributed by atoms with E-state index in [-0.39, 0.29) is 22.4 Å². The van der Waals surface area contributed by atoms with Crippen LogP contribution < -0.4 is 0 Å². The number of rotatable bonds is 6. The van der Waals surface area contributed by atoms with Crippen LogP contribution in [0.5, 0.6) is 0 Å². The van der Waals surface area contributed by atoms with Gasteiger partial charge < -0.3 is 9.84 Å². The maximum Gasteiger partial charge on any atom is 0.313 e. The van der Waals surface area contributed by atoms with Gasteiger partial charge in [-0.2, -0.15) is 0 Å². The monoisotopic (exact) mass is 384 g/mol. The van der Waals surface area contributed by atoms with E-state index in [9.17, 15) is 29.6 Å². The van der Waals surface area contributed by atoms with E-state index in [0.29, 0.717) is 0 Å². The highest BCUT2D eigenvalue weighted by molar-refractivity contribution is 6.21. The van der Waals surface area contributed by atoms with Crippen molar-refractivity contribution >= 4 is 23.5 Å². The lowest BCUT2D eigenvalue weighted by Gasteiger charge is -2.25. The van der Waals surface area contributed by atoms with Gasteiger partial charge in [0.15, 0.2) is 0 Å². The predicted molar refractivity (Wildman–Crippen MR) is 95.4 cm³/mol. The Labute approximate surface area is 159 Å². The predicted octanol–water partition coefficient (Wildman–Crippen LogP) is 1.71. The molecule has 28 heavy (non-hydrogen) atoms. The standard InChI is InChI=1S/C19H16N2O7/c1-28-19(25)15(16(22)11-6-8-12(9-7-11)21(26)27)10-20-17(23)13-4-2-3-5-14(13)18(20)24/h2-9,15-16,22H,10H2,1H3/t15-,16-/m0/s1. The zero-order chi connectivity index (χ0) is 20.4. The summed E-state index contributed by atoms with van der Waals surface area (Å²) in [5, 5.41) is 21.4. The number of methoxy groups -OCH3 is 1. The fraction of sp³-hybridized carbons (Fsp3) is 0.211. The van der Waals surface area contributed by atoms with Crippen LogP contribution in [0.2, 0.25) is 0 Å². The van der Waals surface area contributed by atoms with Gasteiger partial charge in [0.05, 0.1) is 29.3 Å². The summed E-state index contributed by atoms with van der Waals surface area (Å²) < 4.78 is 4.72. The lowest BCUT2D eigenvalue weighted by Crippen LogP contribution is -2.40. The third-order valence-corrected chi connectivity index (χ3v) is 4.59. The normalized spacial score (nSPS) is 15.1. The fourth-order valence-electron chi connectivity index (χ4n) is 3.08. The van der Waals surface area contributed by atoms with Gasteiger partial charge in [-0.05, 0) is 29.8 Å². The molecule has 0 aromatic heterocycles. The van der Waals surface area contributed by atoms with Crippen LogP contribution in [0.25, 0.3) is 0 Å². The van der Waals surface area contributed by atoms with Crippen LogP contribution in [0, 0.1) is 16.0 Å². The van der Waals surface area contributed by atoms with Gasteiger partial charge in [-0.15, -0.1) is 0 Å². The van der Waals surface area contributed by atoms with Crippen molar-refractivity contribution in [2.45, 2.75) is 6.10 Å². The maximum atomic E-state index is 12.5. The first-order valence-electron chi connectivity index (χ1n) is 8.30. The lowest BCUT2D eigenvalue weighted by atomic mass is 9.95. The number of non-ortho nitro benzene ring substituents is 1. The van der Waals surface area contributed by atoms with E-state index in [1.807, 2.05) is 0 Å². The van der Waals surface area contributed by atoms with Crippen LogP contribution >= 0.6 is 0 Å². The number of carbonyl (C=O) groups is 3. The average Bonchev–Trinajstić information content (AvgIpc) is 2.95. The van der Waals surface area contributed by atoms with Crippen molar-refractivity contribution in [3.8, 4) is 0 Å². The van der Waals surface area contributed by atoms with Gasteiger partial charge in [-0.25, -0.2) is 0 Å². The zero-order valence-corrected chi connectivity index (χ0v) is 14.8. The number of ether oxygens (including phenoxy) is 1. The molecule has 1 aliphatic heterocycles. The lowest BCUT2D eigenvalue weighted by molar-refractivity contribution is -0.384. The van der Waals surface area contributed by atoms with Gasteiger partial charge in [-0.1, -0.05) is 12.1 Å². The zero-order valence-electron chi connectivity index (χ0n) is 14.8. The molecular formula is C19H16N2O7. The van der Waals surface area contributed by atoms with E-state index in [1.165, 1.54) is 36.4 Å². The third kappa shape index (κ3) is 3.35. The Kier molecular flexibility index (Phi) is 5.18. The Hall–Kier alpha value is -3.59. The number of fused-ring (bicyclic) bond motifs is 1. The first-order chi connectivity index (χ1) is 13.3. The second kappa shape index (κ2) is 7.57. The minimum Gasteiger partial charge on any atom is -0.469 e. The summed E-state index contributed by atoms with van der Waals surface area (Å²) in [7, 11) is 1.13. The van der Waals surface area contributed by atoms with Crippen molar-refractivity contribution < 1.29 is 29.2 Å². The van der Waals surface area contributed by atoms with Crippen molar-refractivity contribution in [1.29, 1.82) is 0 Å². The number of nitro benzene ring substituents is 1. The number of hydrogen-bond acceptors (Lipinski definition) is 7. The van der Waals surface area contributed by atoms with E-state index in [2.05, 4.69) is 0 Å². The molecule has 0 bridgehead atoms. The molecule has 0 spiro atoms. The number of imide groups is 1.